The van der Waals surface area contributed by atoms with Gasteiger partial charge in [-0.1, -0.05) is 12.8 Å². The second kappa shape index (κ2) is 6.62. The van der Waals surface area contributed by atoms with Crippen molar-refractivity contribution in [1.29, 1.82) is 0 Å². The average molecular weight is 295 g/mol. The van der Waals surface area contributed by atoms with E-state index in [2.05, 4.69) is 0 Å². The van der Waals surface area contributed by atoms with Crippen molar-refractivity contribution in [2.45, 2.75) is 50.3 Å². The van der Waals surface area contributed by atoms with Crippen LogP contribution in [0.3, 0.4) is 0 Å². The molecule has 2 heterocycles. The highest BCUT2D eigenvalue weighted by atomic mass is 19.4. The van der Waals surface area contributed by atoms with Gasteiger partial charge >= 0.3 is 6.18 Å². The highest BCUT2D eigenvalue weighted by Gasteiger charge is 2.56. The van der Waals surface area contributed by atoms with Crippen LogP contribution in [0.25, 0.3) is 0 Å². The van der Waals surface area contributed by atoms with Gasteiger partial charge in [-0.25, -0.2) is 0 Å². The number of hydrogen-bond donors (Lipinski definition) is 1. The minimum atomic E-state index is -4.51. The Bertz CT molecular complexity index is 305. The third kappa shape index (κ3) is 4.09. The molecule has 2 rings (SSSR count). The maximum absolute atomic E-state index is 12.7. The zero-order valence-corrected chi connectivity index (χ0v) is 11.8. The molecule has 0 radical (unpaired) electrons. The van der Waals surface area contributed by atoms with E-state index >= 15 is 0 Å². The van der Waals surface area contributed by atoms with E-state index in [1.807, 2.05) is 0 Å². The lowest BCUT2D eigenvalue weighted by atomic mass is 9.94. The predicted molar refractivity (Wildman–Crippen MR) is 69.5 cm³/mol. The van der Waals surface area contributed by atoms with Crippen molar-refractivity contribution in [3.8, 4) is 0 Å². The van der Waals surface area contributed by atoms with Crippen LogP contribution in [0.15, 0.2) is 0 Å². The molecule has 0 saturated carbocycles. The van der Waals surface area contributed by atoms with Crippen LogP contribution in [0.2, 0.25) is 0 Å². The molecule has 0 aromatic carbocycles. The molecule has 2 saturated heterocycles. The van der Waals surface area contributed by atoms with Crippen LogP contribution in [0.4, 0.5) is 13.2 Å². The van der Waals surface area contributed by atoms with Crippen LogP contribution < -0.4 is 0 Å². The first-order chi connectivity index (χ1) is 9.41. The fraction of sp³-hybridized carbons (Fsp3) is 1.00. The summed E-state index contributed by atoms with van der Waals surface area (Å²) in [5, 5.41) is 9.58. The van der Waals surface area contributed by atoms with Gasteiger partial charge in [-0.3, -0.25) is 0 Å². The van der Waals surface area contributed by atoms with Crippen molar-refractivity contribution in [3.05, 3.63) is 0 Å². The molecular formula is C14H24F3NO2. The van der Waals surface area contributed by atoms with Gasteiger partial charge in [-0.2, -0.15) is 13.2 Å². The zero-order chi connectivity index (χ0) is 14.6. The summed E-state index contributed by atoms with van der Waals surface area (Å²) in [5.41, 5.74) is -2.49. The van der Waals surface area contributed by atoms with E-state index in [0.717, 1.165) is 51.2 Å². The van der Waals surface area contributed by atoms with E-state index in [9.17, 15) is 18.3 Å². The first kappa shape index (κ1) is 16.0. The van der Waals surface area contributed by atoms with Gasteiger partial charge in [0.2, 0.25) is 0 Å². The summed E-state index contributed by atoms with van der Waals surface area (Å²) in [7, 11) is 0. The van der Waals surface area contributed by atoms with Crippen molar-refractivity contribution >= 4 is 0 Å². The Hall–Kier alpha value is -0.330. The number of ether oxygens (including phenoxy) is 1. The molecule has 1 N–H and O–H groups in total. The minimum Gasteiger partial charge on any atom is -0.381 e. The summed E-state index contributed by atoms with van der Waals surface area (Å²) in [6.07, 6.45) is 0.604. The Labute approximate surface area is 118 Å². The molecule has 6 heteroatoms. The van der Waals surface area contributed by atoms with Gasteiger partial charge in [0.25, 0.3) is 0 Å². The topological polar surface area (TPSA) is 32.7 Å². The SMILES string of the molecule is OC1(C(F)(F)F)CCN(CCCCC2CCOCC2)C1. The van der Waals surface area contributed by atoms with Crippen molar-refractivity contribution < 1.29 is 23.0 Å². The van der Waals surface area contributed by atoms with E-state index in [1.165, 1.54) is 0 Å². The third-order valence-corrected chi connectivity index (χ3v) is 4.53. The van der Waals surface area contributed by atoms with E-state index in [4.69, 9.17) is 4.74 Å². The molecule has 1 atom stereocenters. The number of rotatable bonds is 5. The summed E-state index contributed by atoms with van der Waals surface area (Å²) in [4.78, 5) is 1.73. The van der Waals surface area contributed by atoms with Gasteiger partial charge in [0.1, 0.15) is 0 Å². The second-order valence-electron chi connectivity index (χ2n) is 6.11. The number of unbranched alkanes of at least 4 members (excludes halogenated alkanes) is 1. The van der Waals surface area contributed by atoms with E-state index in [0.29, 0.717) is 13.1 Å². The largest absolute Gasteiger partial charge is 0.418 e. The average Bonchev–Trinajstić information content (AvgIpc) is 2.79. The molecule has 1 unspecified atom stereocenters. The molecule has 0 aromatic heterocycles. The molecule has 2 fully saturated rings. The first-order valence-corrected chi connectivity index (χ1v) is 7.50. The minimum absolute atomic E-state index is 0.198. The number of hydrogen-bond acceptors (Lipinski definition) is 3. The van der Waals surface area contributed by atoms with Gasteiger partial charge in [0, 0.05) is 26.3 Å². The monoisotopic (exact) mass is 295 g/mol. The van der Waals surface area contributed by atoms with Gasteiger partial charge in [-0.15, -0.1) is 0 Å². The normalized spacial score (nSPS) is 30.0. The Morgan fingerprint density at radius 3 is 2.50 bits per heavy atom. The van der Waals surface area contributed by atoms with Gasteiger partial charge in [0.15, 0.2) is 5.60 Å². The van der Waals surface area contributed by atoms with Crippen LogP contribution in [0.1, 0.15) is 38.5 Å². The molecule has 118 valence electrons. The fourth-order valence-electron chi connectivity index (χ4n) is 3.10. The predicted octanol–water partition coefficient (Wildman–Crippen LogP) is 2.58. The summed E-state index contributed by atoms with van der Waals surface area (Å²) < 4.78 is 43.3. The fourth-order valence-corrected chi connectivity index (χ4v) is 3.10. The molecule has 2 aliphatic heterocycles. The molecule has 0 spiro atoms. The van der Waals surface area contributed by atoms with Crippen LogP contribution in [0.5, 0.6) is 0 Å². The summed E-state index contributed by atoms with van der Waals surface area (Å²) in [6, 6.07) is 0. The Morgan fingerprint density at radius 1 is 1.20 bits per heavy atom. The number of β-amino-alcohol motifs (C(OH)–C–C–N with tert-alkyl or cyclic N) is 1. The van der Waals surface area contributed by atoms with Crippen LogP contribution in [-0.2, 0) is 4.74 Å². The van der Waals surface area contributed by atoms with E-state index < -0.39 is 11.8 Å². The number of alkyl halides is 3. The molecule has 0 bridgehead atoms. The lowest BCUT2D eigenvalue weighted by molar-refractivity contribution is -0.253. The van der Waals surface area contributed by atoms with Crippen molar-refractivity contribution in [2.24, 2.45) is 5.92 Å². The molecule has 20 heavy (non-hydrogen) atoms. The van der Waals surface area contributed by atoms with Crippen molar-refractivity contribution in [2.75, 3.05) is 32.8 Å². The number of nitrogens with zero attached hydrogens (tertiary/aromatic N) is 1. The molecular weight excluding hydrogens is 271 g/mol. The maximum Gasteiger partial charge on any atom is 0.418 e. The highest BCUT2D eigenvalue weighted by molar-refractivity contribution is 4.95. The molecule has 0 aromatic rings. The number of halogens is 3. The van der Waals surface area contributed by atoms with Crippen LogP contribution in [-0.4, -0.2) is 54.6 Å². The maximum atomic E-state index is 12.7. The van der Waals surface area contributed by atoms with Crippen LogP contribution >= 0.6 is 0 Å². The summed E-state index contributed by atoms with van der Waals surface area (Å²) in [6.45, 7) is 2.41. The lowest BCUT2D eigenvalue weighted by Crippen LogP contribution is -2.47. The van der Waals surface area contributed by atoms with E-state index in [-0.39, 0.29) is 13.0 Å². The standard InChI is InChI=1S/C14H24F3NO2/c15-14(16,17)13(19)6-8-18(11-13)7-2-1-3-12-4-9-20-10-5-12/h12,19H,1-11H2. The molecule has 2 aliphatic rings. The quantitative estimate of drug-likeness (QED) is 0.791. The van der Waals surface area contributed by atoms with Gasteiger partial charge in [-0.05, 0) is 38.1 Å². The second-order valence-corrected chi connectivity index (χ2v) is 6.11. The number of likely N-dealkylation sites (tertiary alicyclic amines) is 1. The summed E-state index contributed by atoms with van der Waals surface area (Å²) >= 11 is 0. The van der Waals surface area contributed by atoms with E-state index in [1.54, 1.807) is 4.90 Å². The third-order valence-electron chi connectivity index (χ3n) is 4.53. The smallest absolute Gasteiger partial charge is 0.381 e. The number of aliphatic hydroxyl groups is 1. The zero-order valence-electron chi connectivity index (χ0n) is 11.8. The van der Waals surface area contributed by atoms with Gasteiger partial charge < -0.3 is 14.7 Å². The van der Waals surface area contributed by atoms with Gasteiger partial charge in [0.05, 0.1) is 0 Å². The van der Waals surface area contributed by atoms with Crippen molar-refractivity contribution in [3.63, 3.8) is 0 Å². The first-order valence-electron chi connectivity index (χ1n) is 7.50. The molecule has 0 aliphatic carbocycles. The Morgan fingerprint density at radius 2 is 1.90 bits per heavy atom. The van der Waals surface area contributed by atoms with Crippen molar-refractivity contribution in [1.82, 2.24) is 4.90 Å². The summed E-state index contributed by atoms with van der Waals surface area (Å²) in [5.74, 6) is 0.717. The Balaban J connectivity index is 1.61. The van der Waals surface area contributed by atoms with Crippen LogP contribution in [0, 0.1) is 5.92 Å². The molecule has 3 nitrogen and oxygen atoms in total. The Kier molecular flexibility index (Phi) is 5.31. The molecule has 0 amide bonds. The lowest BCUT2D eigenvalue weighted by Gasteiger charge is -2.26. The highest BCUT2D eigenvalue weighted by Crippen LogP contribution is 2.37.